The van der Waals surface area contributed by atoms with Crippen LogP contribution in [-0.2, 0) is 16.1 Å². The smallest absolute Gasteiger partial charge is 0.309 e. The van der Waals surface area contributed by atoms with E-state index in [1.165, 1.54) is 18.2 Å². The van der Waals surface area contributed by atoms with Crippen LogP contribution in [0.5, 0.6) is 5.88 Å². The minimum atomic E-state index is -0.456. The number of ether oxygens (including phenoxy) is 2. The first-order valence-electron chi connectivity index (χ1n) is 12.3. The van der Waals surface area contributed by atoms with Gasteiger partial charge in [-0.2, -0.15) is 0 Å². The average Bonchev–Trinajstić information content (AvgIpc) is 3.33. The van der Waals surface area contributed by atoms with Gasteiger partial charge in [0, 0.05) is 17.8 Å². The van der Waals surface area contributed by atoms with Gasteiger partial charge < -0.3 is 14.5 Å². The fourth-order valence-electron chi connectivity index (χ4n) is 4.49. The van der Waals surface area contributed by atoms with E-state index >= 15 is 0 Å². The highest BCUT2D eigenvalue weighted by molar-refractivity contribution is 5.80. The summed E-state index contributed by atoms with van der Waals surface area (Å²) in [5, 5.41) is 0. The molecule has 1 saturated carbocycles. The number of fused-ring (bicyclic) bond motifs is 1. The van der Waals surface area contributed by atoms with Crippen LogP contribution in [0.15, 0.2) is 85.1 Å². The molecule has 0 bridgehead atoms. The van der Waals surface area contributed by atoms with E-state index in [2.05, 4.69) is 15.0 Å². The molecule has 8 heteroatoms. The van der Waals surface area contributed by atoms with Crippen molar-refractivity contribution in [3.05, 3.63) is 102 Å². The van der Waals surface area contributed by atoms with Crippen molar-refractivity contribution in [3.63, 3.8) is 0 Å². The number of hydrogen-bond acceptors (Lipinski definition) is 5. The van der Waals surface area contributed by atoms with Crippen LogP contribution in [-0.4, -0.2) is 27.0 Å². The third-order valence-corrected chi connectivity index (χ3v) is 6.68. The Morgan fingerprint density at radius 1 is 0.947 bits per heavy atom. The Morgan fingerprint density at radius 2 is 1.76 bits per heavy atom. The van der Waals surface area contributed by atoms with Gasteiger partial charge in [-0.25, -0.2) is 18.7 Å². The molecule has 0 atom stereocenters. The lowest BCUT2D eigenvalue weighted by Crippen LogP contribution is -2.39. The number of nitrogens with one attached hydrogen (secondary N) is 1. The standard InChI is InChI=1S/C30H23F2N3O3/c31-22-8-10-26-27(15-22)35-29(34-26)24-9-6-19(14-25(24)32)20-7-11-28(33-16-20)38-23-12-21(13-23)30(36)37-17-18-4-2-1-3-5-18/h1-11,14-16,21,23H,12-13,17H2,(H,34,35). The Kier molecular flexibility index (Phi) is 6.29. The van der Waals surface area contributed by atoms with Gasteiger partial charge in [-0.3, -0.25) is 4.79 Å². The van der Waals surface area contributed by atoms with Crippen LogP contribution in [0.1, 0.15) is 18.4 Å². The van der Waals surface area contributed by atoms with Gasteiger partial charge in [0.15, 0.2) is 0 Å². The lowest BCUT2D eigenvalue weighted by atomic mass is 9.82. The molecule has 0 saturated heterocycles. The molecule has 1 N–H and O–H groups in total. The number of rotatable bonds is 7. The first kappa shape index (κ1) is 23.8. The summed E-state index contributed by atoms with van der Waals surface area (Å²) in [6.07, 6.45) is 2.69. The molecule has 2 heterocycles. The maximum absolute atomic E-state index is 15.0. The van der Waals surface area contributed by atoms with Crippen LogP contribution in [0.25, 0.3) is 33.5 Å². The monoisotopic (exact) mass is 511 g/mol. The van der Waals surface area contributed by atoms with Gasteiger partial charge >= 0.3 is 5.97 Å². The molecular formula is C30H23F2N3O3. The minimum Gasteiger partial charge on any atom is -0.474 e. The molecule has 1 aliphatic rings. The van der Waals surface area contributed by atoms with E-state index in [9.17, 15) is 13.6 Å². The Balaban J connectivity index is 1.05. The molecule has 190 valence electrons. The van der Waals surface area contributed by atoms with E-state index in [1.807, 2.05) is 36.4 Å². The molecule has 1 aliphatic carbocycles. The second-order valence-corrected chi connectivity index (χ2v) is 9.33. The van der Waals surface area contributed by atoms with Crippen molar-refractivity contribution < 1.29 is 23.0 Å². The molecule has 1 fully saturated rings. The van der Waals surface area contributed by atoms with Crippen LogP contribution in [0, 0.1) is 17.6 Å². The van der Waals surface area contributed by atoms with Crippen molar-refractivity contribution in [3.8, 4) is 28.4 Å². The van der Waals surface area contributed by atoms with Crippen LogP contribution in [0.3, 0.4) is 0 Å². The predicted octanol–water partition coefficient (Wildman–Crippen LogP) is 6.47. The zero-order valence-corrected chi connectivity index (χ0v) is 20.2. The maximum Gasteiger partial charge on any atom is 0.309 e. The summed E-state index contributed by atoms with van der Waals surface area (Å²) in [5.74, 6) is -0.447. The van der Waals surface area contributed by atoms with Crippen molar-refractivity contribution in [2.45, 2.75) is 25.6 Å². The SMILES string of the molecule is O=C(OCc1ccccc1)C1CC(Oc2ccc(-c3ccc(-c4nc5ccc(F)cc5[nH]4)c(F)c3)cn2)C1. The summed E-state index contributed by atoms with van der Waals surface area (Å²) in [6.45, 7) is 0.268. The first-order valence-corrected chi connectivity index (χ1v) is 12.3. The molecule has 0 amide bonds. The van der Waals surface area contributed by atoms with Crippen molar-refractivity contribution in [1.82, 2.24) is 15.0 Å². The fraction of sp³-hybridized carbons (Fsp3) is 0.167. The van der Waals surface area contributed by atoms with Crippen LogP contribution < -0.4 is 4.74 Å². The second kappa shape index (κ2) is 10.0. The van der Waals surface area contributed by atoms with E-state index in [4.69, 9.17) is 9.47 Å². The number of esters is 1. The molecular weight excluding hydrogens is 488 g/mol. The summed E-state index contributed by atoms with van der Waals surface area (Å²) < 4.78 is 39.7. The summed E-state index contributed by atoms with van der Waals surface area (Å²) >= 11 is 0. The molecule has 0 radical (unpaired) electrons. The van der Waals surface area contributed by atoms with E-state index in [0.717, 1.165) is 11.1 Å². The third-order valence-electron chi connectivity index (χ3n) is 6.68. The number of aromatic nitrogens is 3. The quantitative estimate of drug-likeness (QED) is 0.254. The number of H-pyrrole nitrogens is 1. The molecule has 3 aromatic carbocycles. The van der Waals surface area contributed by atoms with Gasteiger partial charge in [-0.05, 0) is 60.4 Å². The van der Waals surface area contributed by atoms with Crippen molar-refractivity contribution >= 4 is 17.0 Å². The Morgan fingerprint density at radius 3 is 2.53 bits per heavy atom. The average molecular weight is 512 g/mol. The van der Waals surface area contributed by atoms with Crippen LogP contribution in [0.2, 0.25) is 0 Å². The zero-order valence-electron chi connectivity index (χ0n) is 20.2. The summed E-state index contributed by atoms with van der Waals surface area (Å²) in [5.41, 5.74) is 3.69. The normalized spacial score (nSPS) is 16.7. The lowest BCUT2D eigenvalue weighted by molar-refractivity contribution is -0.156. The molecule has 0 unspecified atom stereocenters. The van der Waals surface area contributed by atoms with Gasteiger partial charge in [0.2, 0.25) is 5.88 Å². The molecule has 38 heavy (non-hydrogen) atoms. The highest BCUT2D eigenvalue weighted by atomic mass is 19.1. The second-order valence-electron chi connectivity index (χ2n) is 9.33. The summed E-state index contributed by atoms with van der Waals surface area (Å²) in [7, 11) is 0. The van der Waals surface area contributed by atoms with Crippen LogP contribution >= 0.6 is 0 Å². The van der Waals surface area contributed by atoms with E-state index < -0.39 is 5.82 Å². The first-order chi connectivity index (χ1) is 18.5. The van der Waals surface area contributed by atoms with E-state index in [1.54, 1.807) is 30.5 Å². The molecule has 5 aromatic rings. The van der Waals surface area contributed by atoms with Crippen molar-refractivity contribution in [1.29, 1.82) is 0 Å². The highest BCUT2D eigenvalue weighted by Crippen LogP contribution is 2.33. The number of halogens is 2. The van der Waals surface area contributed by atoms with Gasteiger partial charge in [0.25, 0.3) is 0 Å². The van der Waals surface area contributed by atoms with Crippen LogP contribution in [0.4, 0.5) is 8.78 Å². The Bertz CT molecular complexity index is 1600. The molecule has 6 rings (SSSR count). The van der Waals surface area contributed by atoms with Gasteiger partial charge in [-0.1, -0.05) is 36.4 Å². The number of benzene rings is 3. The maximum atomic E-state index is 15.0. The highest BCUT2D eigenvalue weighted by Gasteiger charge is 2.37. The topological polar surface area (TPSA) is 77.1 Å². The van der Waals surface area contributed by atoms with E-state index in [-0.39, 0.29) is 30.4 Å². The number of imidazole rings is 1. The number of hydrogen-bond donors (Lipinski definition) is 1. The predicted molar refractivity (Wildman–Crippen MR) is 138 cm³/mol. The van der Waals surface area contributed by atoms with Crippen molar-refractivity contribution in [2.24, 2.45) is 5.92 Å². The third kappa shape index (κ3) is 4.98. The summed E-state index contributed by atoms with van der Waals surface area (Å²) in [4.78, 5) is 23.9. The largest absolute Gasteiger partial charge is 0.474 e. The number of aromatic amines is 1. The number of carbonyl (C=O) groups is 1. The molecule has 6 nitrogen and oxygen atoms in total. The molecule has 0 spiro atoms. The number of carbonyl (C=O) groups excluding carboxylic acids is 1. The minimum absolute atomic E-state index is 0.100. The fourth-order valence-corrected chi connectivity index (χ4v) is 4.49. The number of nitrogens with zero attached hydrogens (tertiary/aromatic N) is 2. The Hall–Kier alpha value is -4.59. The number of pyridine rings is 1. The lowest BCUT2D eigenvalue weighted by Gasteiger charge is -2.33. The van der Waals surface area contributed by atoms with Crippen molar-refractivity contribution in [2.75, 3.05) is 0 Å². The van der Waals surface area contributed by atoms with E-state index in [0.29, 0.717) is 46.7 Å². The van der Waals surface area contributed by atoms with Gasteiger partial charge in [0.05, 0.1) is 22.5 Å². The van der Waals surface area contributed by atoms with Gasteiger partial charge in [-0.15, -0.1) is 0 Å². The Labute approximate surface area is 217 Å². The molecule has 2 aromatic heterocycles. The molecule has 0 aliphatic heterocycles. The van der Waals surface area contributed by atoms with Gasteiger partial charge in [0.1, 0.15) is 30.2 Å². The zero-order chi connectivity index (χ0) is 26.1. The summed E-state index contributed by atoms with van der Waals surface area (Å²) in [6, 6.07) is 22.1.